The lowest BCUT2D eigenvalue weighted by atomic mass is 10.3. The van der Waals surface area contributed by atoms with Crippen LogP contribution in [0.3, 0.4) is 0 Å². The van der Waals surface area contributed by atoms with Gasteiger partial charge in [-0.3, -0.25) is 9.98 Å². The zero-order valence-electron chi connectivity index (χ0n) is 10.8. The molecule has 6 heteroatoms. The van der Waals surface area contributed by atoms with E-state index in [2.05, 4.69) is 25.3 Å². The molecule has 0 aromatic carbocycles. The summed E-state index contributed by atoms with van der Waals surface area (Å²) >= 11 is 5.90. The summed E-state index contributed by atoms with van der Waals surface area (Å²) in [5, 5.41) is 3.37. The van der Waals surface area contributed by atoms with Crippen LogP contribution in [0.15, 0.2) is 29.5 Å². The highest BCUT2D eigenvalue weighted by Crippen LogP contribution is 2.29. The lowest BCUT2D eigenvalue weighted by molar-refractivity contribution is 1.09. The van der Waals surface area contributed by atoms with E-state index in [9.17, 15) is 0 Å². The zero-order chi connectivity index (χ0) is 13.7. The Bertz CT molecular complexity index is 583. The van der Waals surface area contributed by atoms with Gasteiger partial charge in [0.25, 0.3) is 0 Å². The van der Waals surface area contributed by atoms with Crippen LogP contribution in [0.1, 0.15) is 19.0 Å². The Labute approximate surface area is 116 Å². The maximum atomic E-state index is 5.90. The number of pyridine rings is 1. The quantitative estimate of drug-likeness (QED) is 0.683. The predicted molar refractivity (Wildman–Crippen MR) is 77.7 cm³/mol. The molecular formula is C13H14ClN5. The van der Waals surface area contributed by atoms with Gasteiger partial charge in [-0.2, -0.15) is 4.98 Å². The summed E-state index contributed by atoms with van der Waals surface area (Å²) in [4.78, 5) is 16.6. The van der Waals surface area contributed by atoms with E-state index in [0.717, 1.165) is 17.8 Å². The predicted octanol–water partition coefficient (Wildman–Crippen LogP) is 3.69. The largest absolute Gasteiger partial charge is 0.338 e. The summed E-state index contributed by atoms with van der Waals surface area (Å²) in [5.41, 5.74) is 2.31. The second kappa shape index (κ2) is 6.24. The van der Waals surface area contributed by atoms with Crippen LogP contribution in [0.25, 0.3) is 0 Å². The number of rotatable bonds is 4. The maximum absolute atomic E-state index is 5.90. The molecule has 2 rings (SSSR count). The lowest BCUT2D eigenvalue weighted by Gasteiger charge is -2.10. The van der Waals surface area contributed by atoms with E-state index in [0.29, 0.717) is 11.5 Å². The number of nitrogens with one attached hydrogen (secondary N) is 1. The smallest absolute Gasteiger partial charge is 0.224 e. The van der Waals surface area contributed by atoms with Crippen LogP contribution in [-0.2, 0) is 0 Å². The Balaban J connectivity index is 2.40. The third-order valence-corrected chi connectivity index (χ3v) is 2.55. The third-order valence-electron chi connectivity index (χ3n) is 2.38. The van der Waals surface area contributed by atoms with E-state index in [1.165, 1.54) is 0 Å². The van der Waals surface area contributed by atoms with E-state index in [-0.39, 0.29) is 5.28 Å². The summed E-state index contributed by atoms with van der Waals surface area (Å²) in [6, 6.07) is 3.69. The summed E-state index contributed by atoms with van der Waals surface area (Å²) in [7, 11) is 0. The normalized spacial score (nSPS) is 10.9. The summed E-state index contributed by atoms with van der Waals surface area (Å²) in [6.45, 7) is 3.87. The minimum atomic E-state index is 0.199. The van der Waals surface area contributed by atoms with Gasteiger partial charge in [0, 0.05) is 24.3 Å². The molecule has 0 aliphatic rings. The van der Waals surface area contributed by atoms with Crippen LogP contribution in [0.4, 0.5) is 17.2 Å². The minimum Gasteiger partial charge on any atom is -0.338 e. The van der Waals surface area contributed by atoms with Crippen molar-refractivity contribution in [3.05, 3.63) is 35.5 Å². The van der Waals surface area contributed by atoms with E-state index in [4.69, 9.17) is 11.6 Å². The molecule has 0 radical (unpaired) electrons. The molecule has 0 fully saturated rings. The van der Waals surface area contributed by atoms with Gasteiger partial charge in [0.05, 0.1) is 5.69 Å². The van der Waals surface area contributed by atoms with Gasteiger partial charge in [-0.1, -0.05) is 6.92 Å². The first-order chi connectivity index (χ1) is 9.20. The van der Waals surface area contributed by atoms with Crippen molar-refractivity contribution in [3.63, 3.8) is 0 Å². The van der Waals surface area contributed by atoms with Crippen molar-refractivity contribution in [1.29, 1.82) is 0 Å². The third kappa shape index (κ3) is 3.48. The second-order valence-corrected chi connectivity index (χ2v) is 4.19. The molecule has 98 valence electrons. The molecule has 0 saturated heterocycles. The van der Waals surface area contributed by atoms with Crippen molar-refractivity contribution >= 4 is 35.0 Å². The molecule has 0 spiro atoms. The van der Waals surface area contributed by atoms with Crippen molar-refractivity contribution < 1.29 is 0 Å². The number of aryl methyl sites for hydroxylation is 1. The Kier molecular flexibility index (Phi) is 4.41. The molecule has 2 heterocycles. The number of anilines is 2. The fraction of sp³-hybridized carbons (Fsp3) is 0.231. The van der Waals surface area contributed by atoms with Crippen LogP contribution in [0.5, 0.6) is 0 Å². The highest BCUT2D eigenvalue weighted by atomic mass is 35.5. The SMILES string of the molecule is CCC=Nc1c(C)nc(Cl)nc1Nc1ccncc1. The van der Waals surface area contributed by atoms with Crippen LogP contribution in [-0.4, -0.2) is 21.2 Å². The molecule has 1 N–H and O–H groups in total. The molecule has 0 bridgehead atoms. The summed E-state index contributed by atoms with van der Waals surface area (Å²) < 4.78 is 0. The van der Waals surface area contributed by atoms with E-state index in [1.807, 2.05) is 32.2 Å². The first-order valence-electron chi connectivity index (χ1n) is 5.94. The molecule has 0 atom stereocenters. The molecule has 2 aromatic rings. The summed E-state index contributed by atoms with van der Waals surface area (Å²) in [6.07, 6.45) is 6.06. The van der Waals surface area contributed by atoms with E-state index < -0.39 is 0 Å². The molecule has 0 saturated carbocycles. The number of halogens is 1. The average Bonchev–Trinajstić information content (AvgIpc) is 2.39. The van der Waals surface area contributed by atoms with Gasteiger partial charge >= 0.3 is 0 Å². The fourth-order valence-electron chi connectivity index (χ4n) is 1.53. The molecule has 5 nitrogen and oxygen atoms in total. The van der Waals surface area contributed by atoms with Gasteiger partial charge in [-0.25, -0.2) is 4.98 Å². The number of hydrogen-bond donors (Lipinski definition) is 1. The highest BCUT2D eigenvalue weighted by Gasteiger charge is 2.10. The van der Waals surface area contributed by atoms with Gasteiger partial charge in [0.15, 0.2) is 5.82 Å². The maximum Gasteiger partial charge on any atom is 0.224 e. The first kappa shape index (κ1) is 13.4. The van der Waals surface area contributed by atoms with Crippen LogP contribution in [0, 0.1) is 6.92 Å². The van der Waals surface area contributed by atoms with E-state index in [1.54, 1.807) is 12.4 Å². The number of aromatic nitrogens is 3. The standard InChI is InChI=1S/C13H14ClN5/c1-3-6-16-11-9(2)17-13(14)19-12(11)18-10-4-7-15-8-5-10/h4-8H,3H2,1-2H3,(H,15,17,18,19). The Morgan fingerprint density at radius 2 is 2.05 bits per heavy atom. The number of hydrogen-bond acceptors (Lipinski definition) is 5. The molecule has 0 aliphatic heterocycles. The second-order valence-electron chi connectivity index (χ2n) is 3.86. The molecular weight excluding hydrogens is 262 g/mol. The van der Waals surface area contributed by atoms with Crippen LogP contribution >= 0.6 is 11.6 Å². The highest BCUT2D eigenvalue weighted by molar-refractivity contribution is 6.28. The molecule has 19 heavy (non-hydrogen) atoms. The Morgan fingerprint density at radius 3 is 2.74 bits per heavy atom. The van der Waals surface area contributed by atoms with Crippen molar-refractivity contribution in [2.24, 2.45) is 4.99 Å². The topological polar surface area (TPSA) is 63.1 Å². The minimum absolute atomic E-state index is 0.199. The van der Waals surface area contributed by atoms with Crippen LogP contribution in [0.2, 0.25) is 5.28 Å². The fourth-order valence-corrected chi connectivity index (χ4v) is 1.74. The zero-order valence-corrected chi connectivity index (χ0v) is 11.5. The van der Waals surface area contributed by atoms with Crippen molar-refractivity contribution in [1.82, 2.24) is 15.0 Å². The Hall–Kier alpha value is -2.01. The average molecular weight is 276 g/mol. The Morgan fingerprint density at radius 1 is 1.32 bits per heavy atom. The van der Waals surface area contributed by atoms with Gasteiger partial charge < -0.3 is 5.32 Å². The van der Waals surface area contributed by atoms with Crippen LogP contribution < -0.4 is 5.32 Å². The van der Waals surface area contributed by atoms with Gasteiger partial charge in [0.1, 0.15) is 5.69 Å². The van der Waals surface area contributed by atoms with Crippen molar-refractivity contribution in [2.75, 3.05) is 5.32 Å². The van der Waals surface area contributed by atoms with Gasteiger partial charge in [0.2, 0.25) is 5.28 Å². The van der Waals surface area contributed by atoms with Gasteiger partial charge in [-0.15, -0.1) is 0 Å². The molecule has 0 aliphatic carbocycles. The molecule has 2 aromatic heterocycles. The van der Waals surface area contributed by atoms with Crippen molar-refractivity contribution in [2.45, 2.75) is 20.3 Å². The van der Waals surface area contributed by atoms with Gasteiger partial charge in [-0.05, 0) is 37.1 Å². The molecule has 0 amide bonds. The number of nitrogens with zero attached hydrogens (tertiary/aromatic N) is 4. The summed E-state index contributed by atoms with van der Waals surface area (Å²) in [5.74, 6) is 0.591. The monoisotopic (exact) mass is 275 g/mol. The molecule has 0 unspecified atom stereocenters. The first-order valence-corrected chi connectivity index (χ1v) is 6.32. The number of aliphatic imine (C=N–C) groups is 1. The lowest BCUT2D eigenvalue weighted by Crippen LogP contribution is -1.98. The van der Waals surface area contributed by atoms with E-state index >= 15 is 0 Å². The van der Waals surface area contributed by atoms with Crippen molar-refractivity contribution in [3.8, 4) is 0 Å².